The van der Waals surface area contributed by atoms with Crippen LogP contribution in [0.25, 0.3) is 10.9 Å². The predicted molar refractivity (Wildman–Crippen MR) is 87.9 cm³/mol. The van der Waals surface area contributed by atoms with Crippen LogP contribution in [-0.2, 0) is 19.4 Å². The van der Waals surface area contributed by atoms with Gasteiger partial charge in [-0.1, -0.05) is 12.1 Å². The number of H-pyrrole nitrogens is 1. The lowest BCUT2D eigenvalue weighted by atomic mass is 10.1. The van der Waals surface area contributed by atoms with Crippen molar-refractivity contribution in [2.75, 3.05) is 18.4 Å². The molecule has 0 fully saturated rings. The first-order chi connectivity index (χ1) is 10.9. The molecule has 0 aliphatic carbocycles. The van der Waals surface area contributed by atoms with Crippen LogP contribution in [0.1, 0.15) is 16.8 Å². The van der Waals surface area contributed by atoms with Crippen LogP contribution in [0.15, 0.2) is 36.8 Å². The summed E-state index contributed by atoms with van der Waals surface area (Å²) in [5.41, 5.74) is 4.87. The second-order valence-corrected chi connectivity index (χ2v) is 5.61. The van der Waals surface area contributed by atoms with Crippen molar-refractivity contribution in [3.8, 4) is 0 Å². The van der Waals surface area contributed by atoms with Gasteiger partial charge in [-0.05, 0) is 30.7 Å². The summed E-state index contributed by atoms with van der Waals surface area (Å²) >= 11 is 0. The van der Waals surface area contributed by atoms with Gasteiger partial charge < -0.3 is 15.6 Å². The summed E-state index contributed by atoms with van der Waals surface area (Å²) in [6.45, 7) is 2.75. The van der Waals surface area contributed by atoms with Crippen molar-refractivity contribution in [2.45, 2.75) is 19.4 Å². The fourth-order valence-electron chi connectivity index (χ4n) is 3.11. The summed E-state index contributed by atoms with van der Waals surface area (Å²) in [7, 11) is 0. The van der Waals surface area contributed by atoms with Gasteiger partial charge in [-0.15, -0.1) is 0 Å². The average molecular weight is 293 g/mol. The summed E-state index contributed by atoms with van der Waals surface area (Å²) in [5, 5.41) is 8.18. The Labute approximate surface area is 129 Å². The molecule has 3 heterocycles. The molecular weight excluding hydrogens is 274 g/mol. The Morgan fingerprint density at radius 1 is 1.09 bits per heavy atom. The molecule has 0 atom stereocenters. The van der Waals surface area contributed by atoms with Gasteiger partial charge in [0.25, 0.3) is 0 Å². The fourth-order valence-corrected chi connectivity index (χ4v) is 3.11. The molecule has 3 N–H and O–H groups in total. The van der Waals surface area contributed by atoms with Crippen LogP contribution in [-0.4, -0.2) is 28.0 Å². The molecular formula is C17H19N5. The van der Waals surface area contributed by atoms with E-state index in [9.17, 15) is 0 Å². The van der Waals surface area contributed by atoms with Crippen LogP contribution in [0.2, 0.25) is 0 Å². The smallest absolute Gasteiger partial charge is 0.133 e. The minimum absolute atomic E-state index is 0.770. The number of nitrogens with zero attached hydrogens (tertiary/aromatic N) is 2. The molecule has 2 aromatic heterocycles. The summed E-state index contributed by atoms with van der Waals surface area (Å²) in [6, 6.07) is 8.46. The van der Waals surface area contributed by atoms with Gasteiger partial charge >= 0.3 is 0 Å². The first-order valence-corrected chi connectivity index (χ1v) is 7.74. The van der Waals surface area contributed by atoms with Crippen LogP contribution in [0.3, 0.4) is 0 Å². The second kappa shape index (κ2) is 5.77. The third-order valence-corrected chi connectivity index (χ3v) is 4.26. The van der Waals surface area contributed by atoms with Crippen molar-refractivity contribution < 1.29 is 0 Å². The molecule has 22 heavy (non-hydrogen) atoms. The number of nitrogens with one attached hydrogen (secondary N) is 3. The largest absolute Gasteiger partial charge is 0.366 e. The van der Waals surface area contributed by atoms with Crippen molar-refractivity contribution in [3.05, 3.63) is 53.6 Å². The van der Waals surface area contributed by atoms with Gasteiger partial charge in [-0.25, -0.2) is 9.97 Å². The molecule has 112 valence electrons. The van der Waals surface area contributed by atoms with Crippen molar-refractivity contribution >= 4 is 16.7 Å². The fraction of sp³-hybridized carbons (Fsp3) is 0.294. The zero-order valence-electron chi connectivity index (χ0n) is 12.4. The first kappa shape index (κ1) is 13.3. The standard InChI is InChI=1S/C17H19N5/c1-2-12(13-5-9-19-15(13)3-1)10-20-17-14-4-7-18-8-6-16(14)21-11-22-17/h1-3,5,9,11,18-19H,4,6-8,10H2,(H,20,21,22). The lowest BCUT2D eigenvalue weighted by Gasteiger charge is -2.12. The molecule has 0 saturated heterocycles. The quantitative estimate of drug-likeness (QED) is 0.693. The first-order valence-electron chi connectivity index (χ1n) is 7.74. The van der Waals surface area contributed by atoms with Crippen molar-refractivity contribution in [3.63, 3.8) is 0 Å². The summed E-state index contributed by atoms with van der Waals surface area (Å²) in [5.74, 6) is 0.973. The van der Waals surface area contributed by atoms with E-state index in [0.29, 0.717) is 0 Å². The number of aromatic nitrogens is 3. The van der Waals surface area contributed by atoms with E-state index in [0.717, 1.165) is 38.3 Å². The Morgan fingerprint density at radius 2 is 2.05 bits per heavy atom. The molecule has 1 aliphatic rings. The van der Waals surface area contributed by atoms with Crippen molar-refractivity contribution in [1.29, 1.82) is 0 Å². The Balaban J connectivity index is 1.61. The van der Waals surface area contributed by atoms with Crippen LogP contribution in [0.4, 0.5) is 5.82 Å². The van der Waals surface area contributed by atoms with Gasteiger partial charge in [-0.2, -0.15) is 0 Å². The minimum atomic E-state index is 0.770. The summed E-state index contributed by atoms with van der Waals surface area (Å²) < 4.78 is 0. The second-order valence-electron chi connectivity index (χ2n) is 5.61. The Kier molecular flexibility index (Phi) is 3.48. The lowest BCUT2D eigenvalue weighted by molar-refractivity contribution is 0.708. The molecule has 1 aromatic carbocycles. The zero-order valence-corrected chi connectivity index (χ0v) is 12.4. The third-order valence-electron chi connectivity index (χ3n) is 4.26. The third kappa shape index (κ3) is 2.44. The van der Waals surface area contributed by atoms with Crippen molar-refractivity contribution in [2.24, 2.45) is 0 Å². The molecule has 5 heteroatoms. The van der Waals surface area contributed by atoms with Gasteiger partial charge in [0.05, 0.1) is 5.69 Å². The van der Waals surface area contributed by atoms with E-state index in [1.165, 1.54) is 27.7 Å². The van der Waals surface area contributed by atoms with Crippen LogP contribution in [0.5, 0.6) is 0 Å². The molecule has 1 aliphatic heterocycles. The van der Waals surface area contributed by atoms with E-state index in [4.69, 9.17) is 0 Å². The molecule has 0 bridgehead atoms. The summed E-state index contributed by atoms with van der Waals surface area (Å²) in [4.78, 5) is 12.2. The molecule has 3 aromatic rings. The maximum Gasteiger partial charge on any atom is 0.133 e. The van der Waals surface area contributed by atoms with E-state index >= 15 is 0 Å². The monoisotopic (exact) mass is 293 g/mol. The molecule has 0 spiro atoms. The average Bonchev–Trinajstić information content (AvgIpc) is 2.90. The predicted octanol–water partition coefficient (Wildman–Crippen LogP) is 2.26. The maximum atomic E-state index is 4.46. The highest BCUT2D eigenvalue weighted by Gasteiger charge is 2.14. The van der Waals surface area contributed by atoms with Gasteiger partial charge in [0.2, 0.25) is 0 Å². The normalized spacial score (nSPS) is 14.5. The van der Waals surface area contributed by atoms with E-state index in [2.05, 4.69) is 49.9 Å². The Hall–Kier alpha value is -2.40. The summed E-state index contributed by atoms with van der Waals surface area (Å²) in [6.07, 6.45) is 5.60. The molecule has 0 unspecified atom stereocenters. The van der Waals surface area contributed by atoms with E-state index in [-0.39, 0.29) is 0 Å². The molecule has 0 amide bonds. The number of aromatic amines is 1. The van der Waals surface area contributed by atoms with Crippen molar-refractivity contribution in [1.82, 2.24) is 20.3 Å². The lowest BCUT2D eigenvalue weighted by Crippen LogP contribution is -2.16. The maximum absolute atomic E-state index is 4.46. The van der Waals surface area contributed by atoms with E-state index in [1.807, 2.05) is 6.20 Å². The van der Waals surface area contributed by atoms with Gasteiger partial charge in [0, 0.05) is 42.2 Å². The van der Waals surface area contributed by atoms with E-state index < -0.39 is 0 Å². The number of hydrogen-bond acceptors (Lipinski definition) is 4. The SMILES string of the molecule is c1cc(CNc2ncnc3c2CCNCC3)c2cc[nH]c2c1. The van der Waals surface area contributed by atoms with Crippen LogP contribution < -0.4 is 10.6 Å². The Bertz CT molecular complexity index is 793. The highest BCUT2D eigenvalue weighted by atomic mass is 15.0. The Morgan fingerprint density at radius 3 is 3.05 bits per heavy atom. The highest BCUT2D eigenvalue weighted by molar-refractivity contribution is 5.83. The minimum Gasteiger partial charge on any atom is -0.366 e. The molecule has 0 saturated carbocycles. The molecule has 4 rings (SSSR count). The van der Waals surface area contributed by atoms with Gasteiger partial charge in [-0.3, -0.25) is 0 Å². The van der Waals surface area contributed by atoms with Gasteiger partial charge in [0.1, 0.15) is 12.1 Å². The van der Waals surface area contributed by atoms with E-state index in [1.54, 1.807) is 6.33 Å². The number of benzene rings is 1. The van der Waals surface area contributed by atoms with Crippen LogP contribution in [0, 0.1) is 0 Å². The highest BCUT2D eigenvalue weighted by Crippen LogP contribution is 2.21. The number of rotatable bonds is 3. The zero-order chi connectivity index (χ0) is 14.8. The number of fused-ring (bicyclic) bond motifs is 2. The number of hydrogen-bond donors (Lipinski definition) is 3. The number of anilines is 1. The molecule has 5 nitrogen and oxygen atoms in total. The van der Waals surface area contributed by atoms with Gasteiger partial charge in [0.15, 0.2) is 0 Å². The molecule has 0 radical (unpaired) electrons. The topological polar surface area (TPSA) is 65.6 Å². The van der Waals surface area contributed by atoms with Crippen LogP contribution >= 0.6 is 0 Å².